The van der Waals surface area contributed by atoms with Crippen LogP contribution >= 0.6 is 0 Å². The van der Waals surface area contributed by atoms with Gasteiger partial charge in [0.2, 0.25) is 5.91 Å². The Kier molecular flexibility index (Phi) is 3.45. The fourth-order valence-corrected chi connectivity index (χ4v) is 3.85. The number of aryl methyl sites for hydroxylation is 2. The van der Waals surface area contributed by atoms with Gasteiger partial charge in [0.25, 0.3) is 0 Å². The van der Waals surface area contributed by atoms with Gasteiger partial charge in [0.05, 0.1) is 0 Å². The highest BCUT2D eigenvalue weighted by molar-refractivity contribution is 5.77. The van der Waals surface area contributed by atoms with E-state index in [0.29, 0.717) is 12.3 Å². The van der Waals surface area contributed by atoms with Crippen molar-refractivity contribution in [2.45, 2.75) is 50.6 Å². The summed E-state index contributed by atoms with van der Waals surface area (Å²) in [5.41, 5.74) is 2.79. The molecular formula is C18H21N3O. The molecule has 2 atom stereocenters. The molecule has 0 unspecified atom stereocenters. The number of hydrogen-bond acceptors (Lipinski definition) is 2. The quantitative estimate of drug-likeness (QED) is 0.945. The van der Waals surface area contributed by atoms with E-state index in [1.807, 2.05) is 12.4 Å². The van der Waals surface area contributed by atoms with Gasteiger partial charge >= 0.3 is 0 Å². The molecule has 2 aliphatic rings. The molecule has 114 valence electrons. The summed E-state index contributed by atoms with van der Waals surface area (Å²) in [6.45, 7) is 0.850. The zero-order valence-corrected chi connectivity index (χ0v) is 12.7. The lowest BCUT2D eigenvalue weighted by Crippen LogP contribution is -2.41. The van der Waals surface area contributed by atoms with E-state index in [0.717, 1.165) is 38.1 Å². The van der Waals surface area contributed by atoms with E-state index < -0.39 is 0 Å². The average molecular weight is 295 g/mol. The molecule has 0 fully saturated rings. The van der Waals surface area contributed by atoms with E-state index in [-0.39, 0.29) is 11.9 Å². The number of rotatable bonds is 3. The van der Waals surface area contributed by atoms with Crippen molar-refractivity contribution >= 4 is 5.91 Å². The maximum Gasteiger partial charge on any atom is 0.220 e. The Bertz CT molecular complexity index is 691. The van der Waals surface area contributed by atoms with Crippen molar-refractivity contribution in [3.8, 4) is 0 Å². The molecule has 1 aromatic carbocycles. The summed E-state index contributed by atoms with van der Waals surface area (Å²) < 4.78 is 2.15. The van der Waals surface area contributed by atoms with Crippen LogP contribution in [0.1, 0.15) is 42.1 Å². The Morgan fingerprint density at radius 2 is 2.18 bits per heavy atom. The first kappa shape index (κ1) is 13.6. The van der Waals surface area contributed by atoms with Crippen LogP contribution in [0.4, 0.5) is 0 Å². The molecule has 1 amide bonds. The van der Waals surface area contributed by atoms with E-state index >= 15 is 0 Å². The fraction of sp³-hybridized carbons (Fsp3) is 0.444. The van der Waals surface area contributed by atoms with Gasteiger partial charge in [-0.2, -0.15) is 0 Å². The Morgan fingerprint density at radius 3 is 3.14 bits per heavy atom. The summed E-state index contributed by atoms with van der Waals surface area (Å²) in [6, 6.07) is 8.78. The number of nitrogens with zero attached hydrogens (tertiary/aromatic N) is 2. The highest BCUT2D eigenvalue weighted by atomic mass is 16.1. The van der Waals surface area contributed by atoms with E-state index in [1.54, 1.807) is 0 Å². The fourth-order valence-electron chi connectivity index (χ4n) is 3.85. The molecule has 0 spiro atoms. The van der Waals surface area contributed by atoms with Gasteiger partial charge in [-0.05, 0) is 36.3 Å². The second-order valence-corrected chi connectivity index (χ2v) is 6.44. The predicted molar refractivity (Wildman–Crippen MR) is 84.6 cm³/mol. The maximum atomic E-state index is 12.4. The lowest BCUT2D eigenvalue weighted by Gasteiger charge is -2.25. The van der Waals surface area contributed by atoms with Crippen molar-refractivity contribution in [1.29, 1.82) is 0 Å². The number of aromatic nitrogens is 2. The van der Waals surface area contributed by atoms with Gasteiger partial charge in [0.15, 0.2) is 0 Å². The topological polar surface area (TPSA) is 46.9 Å². The highest BCUT2D eigenvalue weighted by Crippen LogP contribution is 2.35. The minimum absolute atomic E-state index is 0.190. The first-order valence-electron chi connectivity index (χ1n) is 8.17. The first-order chi connectivity index (χ1) is 10.8. The van der Waals surface area contributed by atoms with Crippen molar-refractivity contribution < 1.29 is 4.79 Å². The Morgan fingerprint density at radius 1 is 1.27 bits per heavy atom. The largest absolute Gasteiger partial charge is 0.352 e. The number of hydrogen-bond donors (Lipinski definition) is 1. The molecule has 0 bridgehead atoms. The van der Waals surface area contributed by atoms with Crippen LogP contribution < -0.4 is 5.32 Å². The SMILES string of the molecule is O=C(C[C@H]1CCc2ccccc21)N[C@@H]1CCc2nccn2C1. The molecule has 0 saturated carbocycles. The Labute approximate surface area is 130 Å². The van der Waals surface area contributed by atoms with Gasteiger partial charge in [-0.15, -0.1) is 0 Å². The number of amides is 1. The summed E-state index contributed by atoms with van der Waals surface area (Å²) in [5, 5.41) is 3.22. The molecule has 2 aromatic rings. The number of carbonyl (C=O) groups is 1. The van der Waals surface area contributed by atoms with Crippen molar-refractivity contribution in [3.63, 3.8) is 0 Å². The highest BCUT2D eigenvalue weighted by Gasteiger charge is 2.26. The molecule has 22 heavy (non-hydrogen) atoms. The van der Waals surface area contributed by atoms with E-state index in [9.17, 15) is 4.79 Å². The van der Waals surface area contributed by atoms with Crippen LogP contribution in [-0.2, 0) is 24.2 Å². The van der Waals surface area contributed by atoms with Crippen molar-refractivity contribution in [2.24, 2.45) is 0 Å². The third-order valence-electron chi connectivity index (χ3n) is 4.99. The normalized spacial score (nSPS) is 22.9. The van der Waals surface area contributed by atoms with Gasteiger partial charge in [-0.3, -0.25) is 4.79 Å². The molecule has 2 heterocycles. The Hall–Kier alpha value is -2.10. The van der Waals surface area contributed by atoms with Crippen LogP contribution in [0.15, 0.2) is 36.7 Å². The Balaban J connectivity index is 1.36. The number of carbonyl (C=O) groups excluding carboxylic acids is 1. The van der Waals surface area contributed by atoms with Gasteiger partial charge in [0, 0.05) is 37.8 Å². The average Bonchev–Trinajstić information content (AvgIpc) is 3.14. The summed E-state index contributed by atoms with van der Waals surface area (Å²) in [6.07, 6.45) is 8.60. The van der Waals surface area contributed by atoms with E-state index in [4.69, 9.17) is 0 Å². The zero-order valence-electron chi connectivity index (χ0n) is 12.7. The summed E-state index contributed by atoms with van der Waals surface area (Å²) >= 11 is 0. The molecule has 1 aliphatic carbocycles. The molecule has 0 saturated heterocycles. The van der Waals surface area contributed by atoms with Crippen molar-refractivity contribution in [2.75, 3.05) is 0 Å². The zero-order chi connectivity index (χ0) is 14.9. The standard InChI is InChI=1S/C18H21N3O/c22-18(11-14-6-5-13-3-1-2-4-16(13)14)20-15-7-8-17-19-9-10-21(17)12-15/h1-4,9-10,14-15H,5-8,11-12H2,(H,20,22)/t14-,15-/m1/s1. The molecule has 1 N–H and O–H groups in total. The number of fused-ring (bicyclic) bond motifs is 2. The molecule has 1 aromatic heterocycles. The third kappa shape index (κ3) is 2.54. The van der Waals surface area contributed by atoms with Crippen LogP contribution in [-0.4, -0.2) is 21.5 Å². The molecule has 1 aliphatic heterocycles. The summed E-state index contributed by atoms with van der Waals surface area (Å²) in [4.78, 5) is 16.7. The van der Waals surface area contributed by atoms with Crippen LogP contribution in [0.5, 0.6) is 0 Å². The lowest BCUT2D eigenvalue weighted by molar-refractivity contribution is -0.122. The van der Waals surface area contributed by atoms with E-state index in [1.165, 1.54) is 11.1 Å². The van der Waals surface area contributed by atoms with Gasteiger partial charge in [0.1, 0.15) is 5.82 Å². The number of imidazole rings is 1. The number of benzene rings is 1. The second-order valence-electron chi connectivity index (χ2n) is 6.44. The molecule has 0 radical (unpaired) electrons. The summed E-state index contributed by atoms with van der Waals surface area (Å²) in [7, 11) is 0. The predicted octanol–water partition coefficient (Wildman–Crippen LogP) is 2.43. The van der Waals surface area contributed by atoms with Gasteiger partial charge in [-0.25, -0.2) is 4.98 Å². The van der Waals surface area contributed by atoms with Crippen LogP contribution in [0.2, 0.25) is 0 Å². The first-order valence-corrected chi connectivity index (χ1v) is 8.17. The van der Waals surface area contributed by atoms with Gasteiger partial charge in [-0.1, -0.05) is 24.3 Å². The van der Waals surface area contributed by atoms with Crippen LogP contribution in [0.25, 0.3) is 0 Å². The van der Waals surface area contributed by atoms with Crippen molar-refractivity contribution in [1.82, 2.24) is 14.9 Å². The third-order valence-corrected chi connectivity index (χ3v) is 4.99. The van der Waals surface area contributed by atoms with Crippen molar-refractivity contribution in [3.05, 3.63) is 53.6 Å². The molecular weight excluding hydrogens is 274 g/mol. The minimum Gasteiger partial charge on any atom is -0.352 e. The molecule has 4 rings (SSSR count). The summed E-state index contributed by atoms with van der Waals surface area (Å²) in [5.74, 6) is 1.72. The molecule has 4 heteroatoms. The maximum absolute atomic E-state index is 12.4. The molecule has 4 nitrogen and oxygen atoms in total. The monoisotopic (exact) mass is 295 g/mol. The smallest absolute Gasteiger partial charge is 0.220 e. The van der Waals surface area contributed by atoms with Crippen LogP contribution in [0, 0.1) is 0 Å². The van der Waals surface area contributed by atoms with Gasteiger partial charge < -0.3 is 9.88 Å². The number of nitrogens with one attached hydrogen (secondary N) is 1. The lowest BCUT2D eigenvalue weighted by atomic mass is 9.97. The second kappa shape index (κ2) is 5.59. The van der Waals surface area contributed by atoms with E-state index in [2.05, 4.69) is 39.1 Å². The van der Waals surface area contributed by atoms with Crippen LogP contribution in [0.3, 0.4) is 0 Å². The minimum atomic E-state index is 0.190.